The topological polar surface area (TPSA) is 77.5 Å². The monoisotopic (exact) mass is 376 g/mol. The van der Waals surface area contributed by atoms with Crippen molar-refractivity contribution in [3.63, 3.8) is 0 Å². The van der Waals surface area contributed by atoms with Crippen molar-refractivity contribution in [3.05, 3.63) is 76.6 Å². The first-order valence-electron chi connectivity index (χ1n) is 9.02. The van der Waals surface area contributed by atoms with Crippen LogP contribution in [0.4, 0.5) is 0 Å². The summed E-state index contributed by atoms with van der Waals surface area (Å²) in [5.74, 6) is 0. The van der Waals surface area contributed by atoms with Gasteiger partial charge in [-0.15, -0.1) is 0 Å². The molecule has 4 aromatic rings. The largest absolute Gasteiger partial charge is 0.394 e. The van der Waals surface area contributed by atoms with Crippen LogP contribution in [0, 0.1) is 0 Å². The van der Waals surface area contributed by atoms with E-state index >= 15 is 0 Å². The van der Waals surface area contributed by atoms with Gasteiger partial charge < -0.3 is 18.9 Å². The fourth-order valence-corrected chi connectivity index (χ4v) is 3.20. The molecule has 0 bridgehead atoms. The van der Waals surface area contributed by atoms with E-state index in [9.17, 15) is 4.79 Å². The number of fused-ring (bicyclic) bond motifs is 1. The molecule has 2 aromatic heterocycles. The third kappa shape index (κ3) is 3.35. The van der Waals surface area contributed by atoms with E-state index in [2.05, 4.69) is 5.16 Å². The van der Waals surface area contributed by atoms with E-state index in [1.54, 1.807) is 11.6 Å². The maximum absolute atomic E-state index is 13.0. The molecular formula is C22H20N2O4. The molecule has 2 heterocycles. The van der Waals surface area contributed by atoms with Gasteiger partial charge in [0, 0.05) is 18.7 Å². The van der Waals surface area contributed by atoms with Gasteiger partial charge in [-0.3, -0.25) is 4.79 Å². The number of pyridine rings is 1. The van der Waals surface area contributed by atoms with Gasteiger partial charge in [-0.1, -0.05) is 59.8 Å². The van der Waals surface area contributed by atoms with Gasteiger partial charge in [0.2, 0.25) is 0 Å². The Morgan fingerprint density at radius 1 is 1.07 bits per heavy atom. The molecule has 0 aliphatic rings. The summed E-state index contributed by atoms with van der Waals surface area (Å²) in [5, 5.41) is 13.4. The maximum atomic E-state index is 13.0. The fourth-order valence-electron chi connectivity index (χ4n) is 3.20. The van der Waals surface area contributed by atoms with Crippen molar-refractivity contribution in [2.45, 2.75) is 6.61 Å². The van der Waals surface area contributed by atoms with Gasteiger partial charge in [0.15, 0.2) is 5.58 Å². The molecule has 0 saturated carbocycles. The molecule has 142 valence electrons. The molecule has 28 heavy (non-hydrogen) atoms. The Kier molecular flexibility index (Phi) is 5.06. The Labute approximate surface area is 161 Å². The first kappa shape index (κ1) is 18.2. The highest BCUT2D eigenvalue weighted by atomic mass is 16.5. The Balaban J connectivity index is 1.73. The van der Waals surface area contributed by atoms with Crippen molar-refractivity contribution in [3.8, 4) is 22.5 Å². The zero-order valence-corrected chi connectivity index (χ0v) is 15.5. The standard InChI is InChI=1S/C22H20N2O4/c1-24-18(16-9-7-15(8-10-16)14-27-12-11-25)13-19-20(22(24)26)21(23-28-19)17-5-3-2-4-6-17/h2-10,13,25H,11-12,14H2,1H3. The van der Waals surface area contributed by atoms with E-state index in [0.717, 1.165) is 22.4 Å². The molecule has 0 atom stereocenters. The summed E-state index contributed by atoms with van der Waals surface area (Å²) in [4.78, 5) is 13.0. The van der Waals surface area contributed by atoms with Crippen LogP contribution in [0.1, 0.15) is 5.56 Å². The summed E-state index contributed by atoms with van der Waals surface area (Å²) in [7, 11) is 1.75. The lowest BCUT2D eigenvalue weighted by atomic mass is 10.1. The molecule has 0 amide bonds. The van der Waals surface area contributed by atoms with Crippen molar-refractivity contribution < 1.29 is 14.4 Å². The van der Waals surface area contributed by atoms with E-state index in [4.69, 9.17) is 14.4 Å². The number of aliphatic hydroxyl groups is 1. The van der Waals surface area contributed by atoms with Gasteiger partial charge in [-0.05, 0) is 11.1 Å². The highest BCUT2D eigenvalue weighted by Crippen LogP contribution is 2.28. The molecule has 0 fully saturated rings. The normalized spacial score (nSPS) is 11.2. The quantitative estimate of drug-likeness (QED) is 0.522. The van der Waals surface area contributed by atoms with Gasteiger partial charge in [-0.25, -0.2) is 0 Å². The first-order valence-corrected chi connectivity index (χ1v) is 9.02. The van der Waals surface area contributed by atoms with Crippen molar-refractivity contribution in [1.29, 1.82) is 0 Å². The predicted octanol–water partition coefficient (Wildman–Crippen LogP) is 3.37. The van der Waals surface area contributed by atoms with Crippen LogP contribution in [0.3, 0.4) is 0 Å². The van der Waals surface area contributed by atoms with Gasteiger partial charge in [0.1, 0.15) is 11.1 Å². The van der Waals surface area contributed by atoms with Crippen LogP contribution >= 0.6 is 0 Å². The number of rotatable bonds is 6. The van der Waals surface area contributed by atoms with Crippen molar-refractivity contribution >= 4 is 11.0 Å². The lowest BCUT2D eigenvalue weighted by Gasteiger charge is -2.10. The van der Waals surface area contributed by atoms with E-state index < -0.39 is 0 Å². The smallest absolute Gasteiger partial charge is 0.264 e. The van der Waals surface area contributed by atoms with Crippen molar-refractivity contribution in [1.82, 2.24) is 9.72 Å². The molecule has 4 rings (SSSR count). The second kappa shape index (κ2) is 7.80. The highest BCUT2D eigenvalue weighted by molar-refractivity contribution is 5.92. The van der Waals surface area contributed by atoms with E-state index in [1.165, 1.54) is 0 Å². The number of hydrogen-bond acceptors (Lipinski definition) is 5. The van der Waals surface area contributed by atoms with Crippen LogP contribution in [0.25, 0.3) is 33.5 Å². The zero-order valence-electron chi connectivity index (χ0n) is 15.5. The van der Waals surface area contributed by atoms with Gasteiger partial charge >= 0.3 is 0 Å². The summed E-state index contributed by atoms with van der Waals surface area (Å²) in [5.41, 5.74) is 4.35. The Bertz CT molecular complexity index is 1150. The summed E-state index contributed by atoms with van der Waals surface area (Å²) >= 11 is 0. The number of hydrogen-bond donors (Lipinski definition) is 1. The van der Waals surface area contributed by atoms with Gasteiger partial charge in [0.05, 0.1) is 25.5 Å². The molecule has 0 aliphatic heterocycles. The molecule has 0 unspecified atom stereocenters. The Morgan fingerprint density at radius 2 is 1.82 bits per heavy atom. The minimum Gasteiger partial charge on any atom is -0.394 e. The van der Waals surface area contributed by atoms with Gasteiger partial charge in [0.25, 0.3) is 5.56 Å². The molecule has 1 N–H and O–H groups in total. The summed E-state index contributed by atoms with van der Waals surface area (Å²) in [6, 6.07) is 19.1. The van der Waals surface area contributed by atoms with Crippen LogP contribution in [0.15, 0.2) is 70.0 Å². The number of ether oxygens (including phenoxy) is 1. The zero-order chi connectivity index (χ0) is 19.5. The van der Waals surface area contributed by atoms with Crippen LogP contribution in [-0.4, -0.2) is 28.0 Å². The van der Waals surface area contributed by atoms with Crippen LogP contribution in [0.5, 0.6) is 0 Å². The number of nitrogens with zero attached hydrogens (tertiary/aromatic N) is 2. The maximum Gasteiger partial charge on any atom is 0.264 e. The minimum absolute atomic E-state index is 0.00234. The number of benzene rings is 2. The minimum atomic E-state index is -0.150. The summed E-state index contributed by atoms with van der Waals surface area (Å²) in [6.45, 7) is 0.742. The molecular weight excluding hydrogens is 356 g/mol. The predicted molar refractivity (Wildman–Crippen MR) is 107 cm³/mol. The van der Waals surface area contributed by atoms with Crippen LogP contribution < -0.4 is 5.56 Å². The Hall–Kier alpha value is -3.22. The molecule has 6 nitrogen and oxygen atoms in total. The molecule has 0 saturated heterocycles. The SMILES string of the molecule is Cn1c(-c2ccc(COCCO)cc2)cc2onc(-c3ccccc3)c2c1=O. The lowest BCUT2D eigenvalue weighted by molar-refractivity contribution is 0.0815. The average Bonchev–Trinajstić information content (AvgIpc) is 3.16. The number of aliphatic hydroxyl groups excluding tert-OH is 1. The fraction of sp³-hybridized carbons (Fsp3) is 0.182. The molecule has 6 heteroatoms. The van der Waals surface area contributed by atoms with E-state index in [1.807, 2.05) is 60.7 Å². The summed E-state index contributed by atoms with van der Waals surface area (Å²) < 4.78 is 12.4. The molecule has 0 aliphatic carbocycles. The second-order valence-corrected chi connectivity index (χ2v) is 6.50. The Morgan fingerprint density at radius 3 is 2.54 bits per heavy atom. The third-order valence-corrected chi connectivity index (χ3v) is 4.67. The first-order chi connectivity index (χ1) is 13.7. The number of aromatic nitrogens is 2. The van der Waals surface area contributed by atoms with Crippen molar-refractivity contribution in [2.24, 2.45) is 7.05 Å². The average molecular weight is 376 g/mol. The van der Waals surface area contributed by atoms with E-state index in [0.29, 0.717) is 29.9 Å². The van der Waals surface area contributed by atoms with E-state index in [-0.39, 0.29) is 12.2 Å². The van der Waals surface area contributed by atoms with Crippen molar-refractivity contribution in [2.75, 3.05) is 13.2 Å². The lowest BCUT2D eigenvalue weighted by Crippen LogP contribution is -2.18. The highest BCUT2D eigenvalue weighted by Gasteiger charge is 2.17. The third-order valence-electron chi connectivity index (χ3n) is 4.67. The van der Waals surface area contributed by atoms with Crippen LogP contribution in [-0.2, 0) is 18.4 Å². The molecule has 0 spiro atoms. The molecule has 2 aromatic carbocycles. The van der Waals surface area contributed by atoms with Crippen LogP contribution in [0.2, 0.25) is 0 Å². The summed E-state index contributed by atoms with van der Waals surface area (Å²) in [6.07, 6.45) is 0. The molecule has 0 radical (unpaired) electrons. The van der Waals surface area contributed by atoms with Gasteiger partial charge in [-0.2, -0.15) is 0 Å². The second-order valence-electron chi connectivity index (χ2n) is 6.50.